The minimum atomic E-state index is -3.32. The molecule has 7 nitrogen and oxygen atoms in total. The average Bonchev–Trinajstić information content (AvgIpc) is 2.59. The maximum Gasteiger partial charge on any atom is 0.253 e. The molecule has 1 heterocycles. The molecule has 0 saturated carbocycles. The van der Waals surface area contributed by atoms with Crippen molar-refractivity contribution in [1.29, 1.82) is 0 Å². The molecule has 0 radical (unpaired) electrons. The highest BCUT2D eigenvalue weighted by atomic mass is 32.2. The molecule has 2 amide bonds. The topological polar surface area (TPSA) is 95.6 Å². The molecule has 1 fully saturated rings. The Labute approximate surface area is 148 Å². The van der Waals surface area contributed by atoms with Gasteiger partial charge >= 0.3 is 0 Å². The van der Waals surface area contributed by atoms with Gasteiger partial charge in [-0.15, -0.1) is 6.58 Å². The Morgan fingerprint density at radius 2 is 2.08 bits per heavy atom. The fourth-order valence-electron chi connectivity index (χ4n) is 2.74. The molecule has 1 aliphatic heterocycles. The molecule has 1 atom stereocenters. The monoisotopic (exact) mass is 365 g/mol. The van der Waals surface area contributed by atoms with Gasteiger partial charge in [-0.3, -0.25) is 9.59 Å². The fraction of sp³-hybridized carbons (Fsp3) is 0.412. The van der Waals surface area contributed by atoms with Crippen LogP contribution in [0, 0.1) is 5.92 Å². The molecule has 0 aromatic heterocycles. The van der Waals surface area contributed by atoms with Gasteiger partial charge < -0.3 is 10.6 Å². The molecule has 2 N–H and O–H groups in total. The van der Waals surface area contributed by atoms with Gasteiger partial charge in [0.15, 0.2) is 0 Å². The minimum Gasteiger partial charge on any atom is -0.349 e. The maximum atomic E-state index is 12.5. The molecule has 136 valence electrons. The molecular weight excluding hydrogens is 342 g/mol. The minimum absolute atomic E-state index is 0.162. The third kappa shape index (κ3) is 5.14. The number of rotatable bonds is 6. The SMILES string of the molecule is C=CCNC(=O)c1ccccc1NC(=O)C1CCCN(S(C)(=O)=O)C1. The van der Waals surface area contributed by atoms with E-state index in [2.05, 4.69) is 17.2 Å². The van der Waals surface area contributed by atoms with E-state index >= 15 is 0 Å². The van der Waals surface area contributed by atoms with Gasteiger partial charge in [0.05, 0.1) is 23.4 Å². The van der Waals surface area contributed by atoms with Gasteiger partial charge in [-0.2, -0.15) is 0 Å². The Kier molecular flexibility index (Phi) is 6.33. The van der Waals surface area contributed by atoms with Gasteiger partial charge in [0.1, 0.15) is 0 Å². The molecule has 0 bridgehead atoms. The molecule has 1 saturated heterocycles. The van der Waals surface area contributed by atoms with E-state index in [1.54, 1.807) is 30.3 Å². The average molecular weight is 365 g/mol. The predicted octanol–water partition coefficient (Wildman–Crippen LogP) is 1.21. The first-order valence-corrected chi connectivity index (χ1v) is 9.92. The van der Waals surface area contributed by atoms with Gasteiger partial charge in [-0.1, -0.05) is 18.2 Å². The lowest BCUT2D eigenvalue weighted by Gasteiger charge is -2.30. The van der Waals surface area contributed by atoms with E-state index in [0.717, 1.165) is 6.26 Å². The largest absolute Gasteiger partial charge is 0.349 e. The van der Waals surface area contributed by atoms with E-state index in [4.69, 9.17) is 0 Å². The van der Waals surface area contributed by atoms with Gasteiger partial charge in [0.2, 0.25) is 15.9 Å². The summed E-state index contributed by atoms with van der Waals surface area (Å²) in [5, 5.41) is 5.44. The van der Waals surface area contributed by atoms with Crippen molar-refractivity contribution >= 4 is 27.5 Å². The number of piperidine rings is 1. The smallest absolute Gasteiger partial charge is 0.253 e. The van der Waals surface area contributed by atoms with Crippen LogP contribution in [0.3, 0.4) is 0 Å². The van der Waals surface area contributed by atoms with E-state index in [0.29, 0.717) is 37.2 Å². The zero-order valence-corrected chi connectivity index (χ0v) is 15.0. The van der Waals surface area contributed by atoms with Crippen LogP contribution in [0.1, 0.15) is 23.2 Å². The summed E-state index contributed by atoms with van der Waals surface area (Å²) in [6.45, 7) is 4.47. The van der Waals surface area contributed by atoms with Gasteiger partial charge in [0, 0.05) is 19.6 Å². The van der Waals surface area contributed by atoms with Crippen LogP contribution in [-0.2, 0) is 14.8 Å². The van der Waals surface area contributed by atoms with E-state index in [1.165, 1.54) is 4.31 Å². The lowest BCUT2D eigenvalue weighted by atomic mass is 9.98. The van der Waals surface area contributed by atoms with E-state index < -0.39 is 15.9 Å². The number of sulfonamides is 1. The molecule has 1 aromatic rings. The normalized spacial score (nSPS) is 18.4. The van der Waals surface area contributed by atoms with Crippen molar-refractivity contribution in [1.82, 2.24) is 9.62 Å². The second kappa shape index (κ2) is 8.26. The molecular formula is C17H23N3O4S. The number of nitrogens with zero attached hydrogens (tertiary/aromatic N) is 1. The number of para-hydroxylation sites is 1. The second-order valence-electron chi connectivity index (χ2n) is 5.99. The Morgan fingerprint density at radius 1 is 1.36 bits per heavy atom. The molecule has 25 heavy (non-hydrogen) atoms. The van der Waals surface area contributed by atoms with Crippen molar-refractivity contribution in [2.45, 2.75) is 12.8 Å². The Bertz CT molecular complexity index is 761. The van der Waals surface area contributed by atoms with Crippen LogP contribution in [0.5, 0.6) is 0 Å². The number of amides is 2. The van der Waals surface area contributed by atoms with Crippen molar-refractivity contribution in [3.8, 4) is 0 Å². The molecule has 1 unspecified atom stereocenters. The lowest BCUT2D eigenvalue weighted by molar-refractivity contribution is -0.120. The third-order valence-corrected chi connectivity index (χ3v) is 5.33. The number of nitrogens with one attached hydrogen (secondary N) is 2. The van der Waals surface area contributed by atoms with Crippen molar-refractivity contribution in [2.75, 3.05) is 31.2 Å². The molecule has 2 rings (SSSR count). The summed E-state index contributed by atoms with van der Waals surface area (Å²) in [5.41, 5.74) is 0.763. The van der Waals surface area contributed by atoms with Gasteiger partial charge in [0.25, 0.3) is 5.91 Å². The third-order valence-electron chi connectivity index (χ3n) is 4.06. The summed E-state index contributed by atoms with van der Waals surface area (Å²) in [4.78, 5) is 24.7. The van der Waals surface area contributed by atoms with E-state index in [-0.39, 0.29) is 18.4 Å². The zero-order chi connectivity index (χ0) is 18.4. The highest BCUT2D eigenvalue weighted by Crippen LogP contribution is 2.22. The van der Waals surface area contributed by atoms with Crippen LogP contribution in [0.25, 0.3) is 0 Å². The predicted molar refractivity (Wildman–Crippen MR) is 96.7 cm³/mol. The summed E-state index contributed by atoms with van der Waals surface area (Å²) in [7, 11) is -3.32. The summed E-state index contributed by atoms with van der Waals surface area (Å²) < 4.78 is 24.7. The number of hydrogen-bond donors (Lipinski definition) is 2. The van der Waals surface area contributed by atoms with Crippen molar-refractivity contribution in [2.24, 2.45) is 5.92 Å². The number of carbonyl (C=O) groups is 2. The molecule has 1 aromatic carbocycles. The van der Waals surface area contributed by atoms with Crippen LogP contribution in [-0.4, -0.2) is 50.4 Å². The van der Waals surface area contributed by atoms with Gasteiger partial charge in [-0.05, 0) is 25.0 Å². The molecule has 1 aliphatic rings. The maximum absolute atomic E-state index is 12.5. The molecule has 0 spiro atoms. The van der Waals surface area contributed by atoms with Crippen molar-refractivity contribution in [3.63, 3.8) is 0 Å². The molecule has 0 aliphatic carbocycles. The first-order valence-electron chi connectivity index (χ1n) is 8.07. The lowest BCUT2D eigenvalue weighted by Crippen LogP contribution is -2.43. The van der Waals surface area contributed by atoms with Crippen molar-refractivity contribution < 1.29 is 18.0 Å². The summed E-state index contributed by atoms with van der Waals surface area (Å²) in [6, 6.07) is 6.71. The van der Waals surface area contributed by atoms with Crippen LogP contribution >= 0.6 is 0 Å². The summed E-state index contributed by atoms with van der Waals surface area (Å²) in [5.74, 6) is -1.03. The van der Waals surface area contributed by atoms with Crippen molar-refractivity contribution in [3.05, 3.63) is 42.5 Å². The highest BCUT2D eigenvalue weighted by molar-refractivity contribution is 7.88. The highest BCUT2D eigenvalue weighted by Gasteiger charge is 2.30. The van der Waals surface area contributed by atoms with E-state index in [1.807, 2.05) is 0 Å². The van der Waals surface area contributed by atoms with Gasteiger partial charge in [-0.25, -0.2) is 12.7 Å². The number of benzene rings is 1. The number of anilines is 1. The summed E-state index contributed by atoms with van der Waals surface area (Å²) >= 11 is 0. The first kappa shape index (κ1) is 19.1. The van der Waals surface area contributed by atoms with Crippen LogP contribution in [0.4, 0.5) is 5.69 Å². The number of carbonyl (C=O) groups excluding carboxylic acids is 2. The van der Waals surface area contributed by atoms with Crippen LogP contribution in [0.2, 0.25) is 0 Å². The standard InChI is InChI=1S/C17H23N3O4S/c1-3-10-18-17(22)14-8-4-5-9-15(14)19-16(21)13-7-6-11-20(12-13)25(2,23)24/h3-5,8-9,13H,1,6-7,10-12H2,2H3,(H,18,22)(H,19,21). The van der Waals surface area contributed by atoms with E-state index in [9.17, 15) is 18.0 Å². The second-order valence-corrected chi connectivity index (χ2v) is 7.98. The molecule has 8 heteroatoms. The zero-order valence-electron chi connectivity index (χ0n) is 14.2. The first-order chi connectivity index (χ1) is 11.8. The van der Waals surface area contributed by atoms with Crippen LogP contribution in [0.15, 0.2) is 36.9 Å². The summed E-state index contributed by atoms with van der Waals surface area (Å²) in [6.07, 6.45) is 3.96. The van der Waals surface area contributed by atoms with Crippen LogP contribution < -0.4 is 10.6 Å². The fourth-order valence-corrected chi connectivity index (χ4v) is 3.65. The Balaban J connectivity index is 2.10. The quantitative estimate of drug-likeness (QED) is 0.741. The Hall–Kier alpha value is -2.19. The Morgan fingerprint density at radius 3 is 2.76 bits per heavy atom. The number of hydrogen-bond acceptors (Lipinski definition) is 4.